The quantitative estimate of drug-likeness (QED) is 0.283. The Kier molecular flexibility index (Phi) is 6.60. The molecular weight excluding hydrogens is 566 g/mol. The van der Waals surface area contributed by atoms with Gasteiger partial charge in [0, 0.05) is 23.2 Å². The first-order chi connectivity index (χ1) is 20.3. The molecule has 4 aromatic carbocycles. The van der Waals surface area contributed by atoms with Gasteiger partial charge in [0.2, 0.25) is 5.91 Å². The van der Waals surface area contributed by atoms with E-state index in [0.29, 0.717) is 56.0 Å². The molecule has 0 saturated heterocycles. The number of para-hydroxylation sites is 1. The lowest BCUT2D eigenvalue weighted by atomic mass is 9.88. The molecule has 3 N–H and O–H groups in total. The fraction of sp³-hybridized carbons (Fsp3) is 0.206. The number of hydrogen-bond donors (Lipinski definition) is 2. The Hall–Kier alpha value is -4.66. The minimum Gasteiger partial charge on any atom is -0.495 e. The summed E-state index contributed by atoms with van der Waals surface area (Å²) in [4.78, 5) is 40.1. The van der Waals surface area contributed by atoms with Gasteiger partial charge in [-0.2, -0.15) is 0 Å². The molecule has 8 nitrogen and oxygen atoms in total. The minimum absolute atomic E-state index is 0.315. The molecule has 0 radical (unpaired) electrons. The number of nitrogens with zero attached hydrogens (tertiary/aromatic N) is 2. The first-order valence-corrected chi connectivity index (χ1v) is 14.1. The highest BCUT2D eigenvalue weighted by molar-refractivity contribution is 6.35. The van der Waals surface area contributed by atoms with Crippen molar-refractivity contribution in [1.29, 1.82) is 0 Å². The molecule has 0 spiro atoms. The number of fused-ring (bicyclic) bond motifs is 4. The number of carbonyl (C=O) groups is 1. The van der Waals surface area contributed by atoms with Crippen LogP contribution in [0.2, 0.25) is 5.02 Å². The van der Waals surface area contributed by atoms with Gasteiger partial charge in [0.25, 0.3) is 5.56 Å². The Bertz CT molecular complexity index is 2140. The maximum Gasteiger partial charge on any atom is 0.335 e. The lowest BCUT2D eigenvalue weighted by Crippen LogP contribution is -2.38. The summed E-state index contributed by atoms with van der Waals surface area (Å²) in [5, 5.41) is 11.3. The number of carbonyl (C=O) groups excluding carboxylic acids is 1. The van der Waals surface area contributed by atoms with Crippen molar-refractivity contribution in [2.75, 3.05) is 7.11 Å². The van der Waals surface area contributed by atoms with Crippen molar-refractivity contribution in [3.05, 3.63) is 114 Å². The van der Waals surface area contributed by atoms with Crippen molar-refractivity contribution in [3.63, 3.8) is 0 Å². The van der Waals surface area contributed by atoms with Crippen molar-refractivity contribution >= 4 is 28.4 Å². The number of amides is 1. The number of hydrogen-bond acceptors (Lipinski definition) is 5. The molecule has 218 valence electrons. The average Bonchev–Trinajstić information content (AvgIpc) is 3.34. The van der Waals surface area contributed by atoms with Crippen molar-refractivity contribution in [3.8, 4) is 33.7 Å². The van der Waals surface area contributed by atoms with E-state index in [1.165, 1.54) is 11.7 Å². The van der Waals surface area contributed by atoms with Gasteiger partial charge >= 0.3 is 5.69 Å². The van der Waals surface area contributed by atoms with E-state index in [1.807, 2.05) is 31.2 Å². The number of rotatable bonds is 5. The second-order valence-electron chi connectivity index (χ2n) is 11.4. The average molecular weight is 596 g/mol. The number of aryl methyl sites for hydroxylation is 1. The molecule has 5 aromatic rings. The standard InChI is InChI=1S/C34H30ClN3O5/c1-17-20(8-6-10-26(17)38-32(40)22-9-7-11-27(43-5)30(22)37(4)33(38)41)29-25(35)16-24(31(36)39)23-15-18-14-19(34(2,3)42)12-13-21(18)28(23)29/h6-14,16,42H,15H2,1-5H3,(H2,36,39). The Morgan fingerprint density at radius 3 is 2.42 bits per heavy atom. The van der Waals surface area contributed by atoms with Crippen LogP contribution in [0.5, 0.6) is 5.75 Å². The van der Waals surface area contributed by atoms with Crippen molar-refractivity contribution in [2.45, 2.75) is 32.8 Å². The third-order valence-corrected chi connectivity index (χ3v) is 8.68. The third kappa shape index (κ3) is 4.28. The van der Waals surface area contributed by atoms with Gasteiger partial charge in [0.05, 0.1) is 23.8 Å². The molecule has 0 fully saturated rings. The summed E-state index contributed by atoms with van der Waals surface area (Å²) < 4.78 is 8.00. The van der Waals surface area contributed by atoms with Gasteiger partial charge in [-0.25, -0.2) is 9.36 Å². The second-order valence-corrected chi connectivity index (χ2v) is 11.8. The maximum absolute atomic E-state index is 13.8. The number of nitrogens with two attached hydrogens (primary N) is 1. The SMILES string of the molecule is COc1cccc2c(=O)n(-c3cccc(-c4c(Cl)cc(C(N)=O)c5c4-c4ccc(C(C)(C)O)cc4C5)c3C)c(=O)n(C)c12. The predicted molar refractivity (Wildman–Crippen MR) is 169 cm³/mol. The second kappa shape index (κ2) is 9.97. The molecule has 0 bridgehead atoms. The zero-order valence-corrected chi connectivity index (χ0v) is 25.2. The summed E-state index contributed by atoms with van der Waals surface area (Å²) in [5.41, 5.74) is 11.0. The van der Waals surface area contributed by atoms with Gasteiger partial charge < -0.3 is 15.6 Å². The minimum atomic E-state index is -1.05. The Morgan fingerprint density at radius 1 is 1.02 bits per heavy atom. The normalized spacial score (nSPS) is 12.3. The van der Waals surface area contributed by atoms with Gasteiger partial charge in [-0.05, 0) is 90.4 Å². The Balaban J connectivity index is 1.65. The molecule has 0 unspecified atom stereocenters. The van der Waals surface area contributed by atoms with E-state index in [2.05, 4.69) is 0 Å². The smallest absolute Gasteiger partial charge is 0.335 e. The summed E-state index contributed by atoms with van der Waals surface area (Å²) in [6, 6.07) is 17.8. The van der Waals surface area contributed by atoms with E-state index in [9.17, 15) is 19.5 Å². The summed E-state index contributed by atoms with van der Waals surface area (Å²) in [7, 11) is 3.10. The zero-order valence-electron chi connectivity index (χ0n) is 24.4. The first-order valence-electron chi connectivity index (χ1n) is 13.8. The van der Waals surface area contributed by atoms with Gasteiger partial charge in [-0.1, -0.05) is 48.0 Å². The molecule has 0 aliphatic heterocycles. The lowest BCUT2D eigenvalue weighted by Gasteiger charge is -2.20. The summed E-state index contributed by atoms with van der Waals surface area (Å²) in [6.07, 6.45) is 0.433. The highest BCUT2D eigenvalue weighted by Gasteiger charge is 2.31. The number of benzene rings is 4. The number of aliphatic hydroxyl groups is 1. The summed E-state index contributed by atoms with van der Waals surface area (Å²) in [5.74, 6) is -0.164. The molecule has 1 aromatic heterocycles. The first kappa shape index (κ1) is 28.5. The lowest BCUT2D eigenvalue weighted by molar-refractivity contribution is 0.0785. The number of methoxy groups -OCH3 is 1. The predicted octanol–water partition coefficient (Wildman–Crippen LogP) is 5.22. The molecule has 1 heterocycles. The highest BCUT2D eigenvalue weighted by Crippen LogP contribution is 2.49. The van der Waals surface area contributed by atoms with E-state index in [1.54, 1.807) is 57.3 Å². The van der Waals surface area contributed by atoms with Crippen LogP contribution in [0.1, 0.15) is 46.5 Å². The van der Waals surface area contributed by atoms with Crippen LogP contribution in [0.25, 0.3) is 38.8 Å². The van der Waals surface area contributed by atoms with E-state index in [4.69, 9.17) is 22.1 Å². The largest absolute Gasteiger partial charge is 0.495 e. The maximum atomic E-state index is 13.8. The van der Waals surface area contributed by atoms with Gasteiger partial charge in [0.15, 0.2) is 0 Å². The Labute approximate surface area is 252 Å². The number of halogens is 1. The van der Waals surface area contributed by atoms with Crippen LogP contribution in [0.15, 0.2) is 70.3 Å². The van der Waals surface area contributed by atoms with Crippen LogP contribution in [0.4, 0.5) is 0 Å². The van der Waals surface area contributed by atoms with Crippen molar-refractivity contribution in [1.82, 2.24) is 9.13 Å². The molecule has 1 aliphatic rings. The molecule has 0 saturated carbocycles. The monoisotopic (exact) mass is 595 g/mol. The van der Waals surface area contributed by atoms with Crippen LogP contribution in [0.3, 0.4) is 0 Å². The number of ether oxygens (including phenoxy) is 1. The van der Waals surface area contributed by atoms with Gasteiger partial charge in [-0.15, -0.1) is 0 Å². The van der Waals surface area contributed by atoms with Crippen molar-refractivity contribution in [2.24, 2.45) is 12.8 Å². The molecule has 9 heteroatoms. The van der Waals surface area contributed by atoms with Crippen LogP contribution in [0, 0.1) is 6.92 Å². The summed E-state index contributed by atoms with van der Waals surface area (Å²) in [6.45, 7) is 5.28. The van der Waals surface area contributed by atoms with Crippen LogP contribution in [-0.4, -0.2) is 27.3 Å². The molecule has 6 rings (SSSR count). The van der Waals surface area contributed by atoms with Crippen LogP contribution >= 0.6 is 11.6 Å². The molecule has 0 atom stereocenters. The molecule has 43 heavy (non-hydrogen) atoms. The number of primary amides is 1. The van der Waals surface area contributed by atoms with Gasteiger partial charge in [0.1, 0.15) is 11.3 Å². The fourth-order valence-corrected chi connectivity index (χ4v) is 6.52. The summed E-state index contributed by atoms with van der Waals surface area (Å²) >= 11 is 6.94. The van der Waals surface area contributed by atoms with Crippen LogP contribution < -0.4 is 21.7 Å². The van der Waals surface area contributed by atoms with E-state index in [0.717, 1.165) is 32.4 Å². The number of aromatic nitrogens is 2. The third-order valence-electron chi connectivity index (χ3n) is 8.38. The van der Waals surface area contributed by atoms with Gasteiger partial charge in [-0.3, -0.25) is 14.2 Å². The van der Waals surface area contributed by atoms with Crippen LogP contribution in [-0.2, 0) is 19.1 Å². The van der Waals surface area contributed by atoms with E-state index in [-0.39, 0.29) is 0 Å². The Morgan fingerprint density at radius 2 is 1.74 bits per heavy atom. The fourth-order valence-electron chi connectivity index (χ4n) is 6.22. The highest BCUT2D eigenvalue weighted by atomic mass is 35.5. The molecular formula is C34H30ClN3O5. The molecule has 1 amide bonds. The topological polar surface area (TPSA) is 117 Å². The zero-order chi connectivity index (χ0) is 31.0. The molecule has 1 aliphatic carbocycles. The van der Waals surface area contributed by atoms with E-state index < -0.39 is 22.8 Å². The van der Waals surface area contributed by atoms with E-state index >= 15 is 0 Å². The van der Waals surface area contributed by atoms with Crippen molar-refractivity contribution < 1.29 is 14.6 Å².